The zero-order valence-corrected chi connectivity index (χ0v) is 20.1. The number of methoxy groups -OCH3 is 2. The summed E-state index contributed by atoms with van der Waals surface area (Å²) in [4.78, 5) is 17.3. The summed E-state index contributed by atoms with van der Waals surface area (Å²) >= 11 is 1.52. The minimum atomic E-state index is -0.0466. The fourth-order valence-electron chi connectivity index (χ4n) is 4.10. The van der Waals surface area contributed by atoms with Crippen molar-refractivity contribution >= 4 is 17.2 Å². The highest BCUT2D eigenvalue weighted by Gasteiger charge is 2.24. The van der Waals surface area contributed by atoms with Gasteiger partial charge in [0.2, 0.25) is 0 Å². The molecule has 7 heteroatoms. The lowest BCUT2D eigenvalue weighted by atomic mass is 10.0. The number of morpholine rings is 1. The molecule has 2 aromatic carbocycles. The van der Waals surface area contributed by atoms with Crippen molar-refractivity contribution in [2.24, 2.45) is 0 Å². The van der Waals surface area contributed by atoms with Crippen LogP contribution in [0, 0.1) is 6.92 Å². The van der Waals surface area contributed by atoms with Crippen molar-refractivity contribution in [2.45, 2.75) is 13.0 Å². The Balaban J connectivity index is 1.48. The van der Waals surface area contributed by atoms with Crippen LogP contribution in [0.15, 0.2) is 54.6 Å². The highest BCUT2D eigenvalue weighted by atomic mass is 32.1. The van der Waals surface area contributed by atoms with Gasteiger partial charge in [-0.1, -0.05) is 24.3 Å². The average Bonchev–Trinajstić information content (AvgIpc) is 3.26. The number of carbonyl (C=O) groups excluding carboxylic acids is 1. The van der Waals surface area contributed by atoms with Gasteiger partial charge in [0.25, 0.3) is 5.91 Å². The van der Waals surface area contributed by atoms with Crippen molar-refractivity contribution in [3.63, 3.8) is 0 Å². The number of nitrogens with zero attached hydrogens (tertiary/aromatic N) is 1. The summed E-state index contributed by atoms with van der Waals surface area (Å²) in [5.74, 6) is 1.59. The normalized spacial score (nSPS) is 15.1. The molecule has 2 heterocycles. The summed E-state index contributed by atoms with van der Waals surface area (Å²) in [6.07, 6.45) is 0. The van der Waals surface area contributed by atoms with E-state index in [1.54, 1.807) is 14.2 Å². The molecule has 0 radical (unpaired) electrons. The Morgan fingerprint density at radius 2 is 1.64 bits per heavy atom. The molecule has 1 N–H and O–H groups in total. The molecule has 4 rings (SSSR count). The van der Waals surface area contributed by atoms with Crippen LogP contribution in [-0.4, -0.2) is 57.9 Å². The molecule has 1 saturated heterocycles. The third-order valence-electron chi connectivity index (χ3n) is 5.99. The van der Waals surface area contributed by atoms with Gasteiger partial charge >= 0.3 is 0 Å². The van der Waals surface area contributed by atoms with Crippen LogP contribution < -0.4 is 14.8 Å². The van der Waals surface area contributed by atoms with Crippen molar-refractivity contribution in [1.82, 2.24) is 10.2 Å². The van der Waals surface area contributed by atoms with E-state index in [2.05, 4.69) is 29.3 Å². The van der Waals surface area contributed by atoms with Crippen LogP contribution in [0.4, 0.5) is 0 Å². The SMILES string of the molecule is COc1ccc(-c2cc(C(=O)NCC(c3ccc(OC)cc3)N3CCOCC3)sc2C)cc1. The van der Waals surface area contributed by atoms with Crippen molar-refractivity contribution < 1.29 is 19.0 Å². The molecule has 0 spiro atoms. The van der Waals surface area contributed by atoms with Crippen LogP contribution in [0.2, 0.25) is 0 Å². The van der Waals surface area contributed by atoms with Crippen LogP contribution in [0.5, 0.6) is 11.5 Å². The number of amides is 1. The maximum atomic E-state index is 13.1. The van der Waals surface area contributed by atoms with E-state index in [-0.39, 0.29) is 11.9 Å². The van der Waals surface area contributed by atoms with Gasteiger partial charge in [0.1, 0.15) is 11.5 Å². The Bertz CT molecular complexity index is 1060. The number of aryl methyl sites for hydroxylation is 1. The minimum Gasteiger partial charge on any atom is -0.497 e. The van der Waals surface area contributed by atoms with Gasteiger partial charge in [-0.2, -0.15) is 0 Å². The van der Waals surface area contributed by atoms with Gasteiger partial charge in [-0.05, 0) is 53.9 Å². The predicted octanol–water partition coefficient (Wildman–Crippen LogP) is 4.54. The quantitative estimate of drug-likeness (QED) is 0.528. The van der Waals surface area contributed by atoms with E-state index in [4.69, 9.17) is 14.2 Å². The van der Waals surface area contributed by atoms with Crippen LogP contribution >= 0.6 is 11.3 Å². The Kier molecular flexibility index (Phi) is 7.65. The molecule has 1 aliphatic rings. The molecule has 0 saturated carbocycles. The lowest BCUT2D eigenvalue weighted by Crippen LogP contribution is -2.43. The molecule has 1 atom stereocenters. The van der Waals surface area contributed by atoms with E-state index >= 15 is 0 Å². The summed E-state index contributed by atoms with van der Waals surface area (Å²) in [6, 6.07) is 18.1. The summed E-state index contributed by atoms with van der Waals surface area (Å²) in [5.41, 5.74) is 3.31. The van der Waals surface area contributed by atoms with Crippen LogP contribution in [-0.2, 0) is 4.74 Å². The Morgan fingerprint density at radius 3 is 2.24 bits per heavy atom. The summed E-state index contributed by atoms with van der Waals surface area (Å²) in [7, 11) is 3.32. The van der Waals surface area contributed by atoms with E-state index < -0.39 is 0 Å². The summed E-state index contributed by atoms with van der Waals surface area (Å²) in [5, 5.41) is 3.17. The highest BCUT2D eigenvalue weighted by molar-refractivity contribution is 7.14. The molecule has 1 aromatic heterocycles. The molecular weight excluding hydrogens is 436 g/mol. The molecule has 33 heavy (non-hydrogen) atoms. The lowest BCUT2D eigenvalue weighted by Gasteiger charge is -2.35. The molecule has 0 aliphatic carbocycles. The summed E-state index contributed by atoms with van der Waals surface area (Å²) < 4.78 is 16.1. The summed E-state index contributed by atoms with van der Waals surface area (Å²) in [6.45, 7) is 5.67. The maximum Gasteiger partial charge on any atom is 0.261 e. The minimum absolute atomic E-state index is 0.0466. The molecule has 1 fully saturated rings. The van der Waals surface area contributed by atoms with E-state index in [1.807, 2.05) is 42.5 Å². The zero-order valence-electron chi connectivity index (χ0n) is 19.3. The third-order valence-corrected chi connectivity index (χ3v) is 7.03. The number of nitrogens with one attached hydrogen (secondary N) is 1. The monoisotopic (exact) mass is 466 g/mol. The first-order valence-electron chi connectivity index (χ1n) is 11.1. The maximum absolute atomic E-state index is 13.1. The predicted molar refractivity (Wildman–Crippen MR) is 132 cm³/mol. The molecular formula is C26H30N2O4S. The van der Waals surface area contributed by atoms with E-state index in [9.17, 15) is 4.79 Å². The molecule has 1 amide bonds. The third kappa shape index (κ3) is 5.55. The Hall–Kier alpha value is -2.87. The first-order chi connectivity index (χ1) is 16.1. The molecule has 0 bridgehead atoms. The molecule has 6 nitrogen and oxygen atoms in total. The second kappa shape index (κ2) is 10.8. The van der Waals surface area contributed by atoms with Crippen molar-refractivity contribution in [3.8, 4) is 22.6 Å². The number of carbonyl (C=O) groups is 1. The second-order valence-corrected chi connectivity index (χ2v) is 9.21. The second-order valence-electron chi connectivity index (χ2n) is 7.96. The van der Waals surface area contributed by atoms with Crippen LogP contribution in [0.1, 0.15) is 26.2 Å². The van der Waals surface area contributed by atoms with Gasteiger partial charge < -0.3 is 19.5 Å². The van der Waals surface area contributed by atoms with Gasteiger partial charge in [-0.3, -0.25) is 9.69 Å². The van der Waals surface area contributed by atoms with Gasteiger partial charge in [0.15, 0.2) is 0 Å². The first kappa shape index (κ1) is 23.3. The van der Waals surface area contributed by atoms with Gasteiger partial charge in [0, 0.05) is 24.5 Å². The standard InChI is InChI=1S/C26H30N2O4S/c1-18-23(19-4-8-21(30-2)9-5-19)16-25(33-18)26(29)27-17-24(28-12-14-32-15-13-28)20-6-10-22(31-3)11-7-20/h4-11,16,24H,12-15,17H2,1-3H3,(H,27,29). The van der Waals surface area contributed by atoms with Crippen LogP contribution in [0.25, 0.3) is 11.1 Å². The number of thiophene rings is 1. The van der Waals surface area contributed by atoms with Crippen molar-refractivity contribution in [3.05, 3.63) is 69.9 Å². The largest absolute Gasteiger partial charge is 0.497 e. The van der Waals surface area contributed by atoms with Gasteiger partial charge in [-0.25, -0.2) is 0 Å². The lowest BCUT2D eigenvalue weighted by molar-refractivity contribution is 0.0162. The van der Waals surface area contributed by atoms with Gasteiger partial charge in [0.05, 0.1) is 38.4 Å². The number of rotatable bonds is 8. The number of ether oxygens (including phenoxy) is 3. The topological polar surface area (TPSA) is 60.0 Å². The average molecular weight is 467 g/mol. The van der Waals surface area contributed by atoms with Crippen LogP contribution in [0.3, 0.4) is 0 Å². The number of benzene rings is 2. The fourth-order valence-corrected chi connectivity index (χ4v) is 5.06. The molecule has 174 valence electrons. The number of hydrogen-bond acceptors (Lipinski definition) is 6. The molecule has 1 aliphatic heterocycles. The Morgan fingerprint density at radius 1 is 1.03 bits per heavy atom. The fraction of sp³-hybridized carbons (Fsp3) is 0.346. The zero-order chi connectivity index (χ0) is 23.2. The number of hydrogen-bond donors (Lipinski definition) is 1. The van der Waals surface area contributed by atoms with Gasteiger partial charge in [-0.15, -0.1) is 11.3 Å². The van der Waals surface area contributed by atoms with Crippen molar-refractivity contribution in [1.29, 1.82) is 0 Å². The molecule has 1 unspecified atom stereocenters. The van der Waals surface area contributed by atoms with Crippen molar-refractivity contribution in [2.75, 3.05) is 47.1 Å². The van der Waals surface area contributed by atoms with E-state index in [0.717, 1.165) is 46.2 Å². The smallest absolute Gasteiger partial charge is 0.261 e. The van der Waals surface area contributed by atoms with E-state index in [0.29, 0.717) is 24.6 Å². The molecule has 3 aromatic rings. The first-order valence-corrected chi connectivity index (χ1v) is 11.9. The highest BCUT2D eigenvalue weighted by Crippen LogP contribution is 2.32. The van der Waals surface area contributed by atoms with E-state index in [1.165, 1.54) is 11.3 Å². The Labute approximate surface area is 199 Å².